The summed E-state index contributed by atoms with van der Waals surface area (Å²) in [5, 5.41) is -0.367. The molecule has 0 bridgehead atoms. The molecular formula is C21H20ClF3N2O2. The molecule has 0 N–H and O–H groups in total. The summed E-state index contributed by atoms with van der Waals surface area (Å²) in [5.41, 5.74) is 0.320. The van der Waals surface area contributed by atoms with Crippen molar-refractivity contribution in [3.05, 3.63) is 64.7 Å². The quantitative estimate of drug-likeness (QED) is 0.665. The molecular weight excluding hydrogens is 405 g/mol. The Kier molecular flexibility index (Phi) is 6.37. The zero-order valence-electron chi connectivity index (χ0n) is 15.7. The van der Waals surface area contributed by atoms with Crippen LogP contribution in [-0.2, 0) is 11.0 Å². The number of methoxy groups -OCH3 is 1. The van der Waals surface area contributed by atoms with E-state index in [2.05, 4.69) is 4.90 Å². The molecule has 2 aromatic carbocycles. The van der Waals surface area contributed by atoms with Crippen LogP contribution < -0.4 is 9.64 Å². The number of amides is 1. The van der Waals surface area contributed by atoms with Gasteiger partial charge in [-0.05, 0) is 35.9 Å². The van der Waals surface area contributed by atoms with Crippen molar-refractivity contribution < 1.29 is 22.7 Å². The van der Waals surface area contributed by atoms with E-state index in [1.54, 1.807) is 12.0 Å². The first-order valence-corrected chi connectivity index (χ1v) is 9.39. The smallest absolute Gasteiger partial charge is 0.417 e. The molecule has 29 heavy (non-hydrogen) atoms. The molecule has 0 spiro atoms. The number of nitrogens with zero attached hydrogens (tertiary/aromatic N) is 2. The van der Waals surface area contributed by atoms with Crippen LogP contribution in [0.3, 0.4) is 0 Å². The molecule has 1 amide bonds. The van der Waals surface area contributed by atoms with Crippen molar-refractivity contribution in [2.24, 2.45) is 0 Å². The molecule has 3 rings (SSSR count). The fourth-order valence-electron chi connectivity index (χ4n) is 3.20. The van der Waals surface area contributed by atoms with Crippen LogP contribution in [0.2, 0.25) is 5.02 Å². The van der Waals surface area contributed by atoms with Gasteiger partial charge < -0.3 is 14.5 Å². The number of carbonyl (C=O) groups is 1. The minimum atomic E-state index is -4.54. The molecule has 1 saturated heterocycles. The minimum absolute atomic E-state index is 0.242. The van der Waals surface area contributed by atoms with E-state index in [0.717, 1.165) is 17.5 Å². The van der Waals surface area contributed by atoms with Crippen LogP contribution in [0.25, 0.3) is 6.08 Å². The maximum Gasteiger partial charge on any atom is 0.417 e. The Morgan fingerprint density at radius 2 is 1.79 bits per heavy atom. The number of alkyl halides is 3. The van der Waals surface area contributed by atoms with Gasteiger partial charge in [-0.15, -0.1) is 0 Å². The molecule has 0 saturated carbocycles. The van der Waals surface area contributed by atoms with Gasteiger partial charge in [-0.25, -0.2) is 0 Å². The van der Waals surface area contributed by atoms with Gasteiger partial charge in [0, 0.05) is 32.3 Å². The minimum Gasteiger partial charge on any atom is -0.495 e. The predicted molar refractivity (Wildman–Crippen MR) is 107 cm³/mol. The van der Waals surface area contributed by atoms with Gasteiger partial charge in [0.1, 0.15) is 5.75 Å². The number of halogens is 4. The molecule has 2 aromatic rings. The molecule has 8 heteroatoms. The Morgan fingerprint density at radius 3 is 2.45 bits per heavy atom. The first kappa shape index (κ1) is 21.0. The normalized spacial score (nSPS) is 15.1. The predicted octanol–water partition coefficient (Wildman–Crippen LogP) is 4.73. The number of carbonyl (C=O) groups excluding carboxylic acids is 1. The number of anilines is 1. The van der Waals surface area contributed by atoms with Crippen molar-refractivity contribution in [1.82, 2.24) is 4.90 Å². The number of benzene rings is 2. The van der Waals surface area contributed by atoms with E-state index < -0.39 is 11.7 Å². The maximum atomic E-state index is 13.0. The second kappa shape index (κ2) is 8.78. The van der Waals surface area contributed by atoms with E-state index in [1.807, 2.05) is 24.3 Å². The third-order valence-corrected chi connectivity index (χ3v) is 5.06. The molecule has 0 unspecified atom stereocenters. The molecule has 1 heterocycles. The van der Waals surface area contributed by atoms with Gasteiger partial charge in [0.15, 0.2) is 0 Å². The van der Waals surface area contributed by atoms with Crippen LogP contribution >= 0.6 is 11.6 Å². The highest BCUT2D eigenvalue weighted by molar-refractivity contribution is 6.31. The van der Waals surface area contributed by atoms with E-state index in [9.17, 15) is 18.0 Å². The lowest BCUT2D eigenvalue weighted by atomic mass is 10.1. The topological polar surface area (TPSA) is 32.8 Å². The molecule has 0 atom stereocenters. The van der Waals surface area contributed by atoms with Crippen molar-refractivity contribution in [3.8, 4) is 5.75 Å². The number of rotatable bonds is 4. The van der Waals surface area contributed by atoms with Gasteiger partial charge >= 0.3 is 6.18 Å². The van der Waals surface area contributed by atoms with Crippen molar-refractivity contribution in [3.63, 3.8) is 0 Å². The summed E-state index contributed by atoms with van der Waals surface area (Å²) < 4.78 is 44.2. The van der Waals surface area contributed by atoms with Gasteiger partial charge in [0.05, 0.1) is 23.4 Å². The first-order valence-electron chi connectivity index (χ1n) is 9.01. The van der Waals surface area contributed by atoms with Gasteiger partial charge in [0.2, 0.25) is 5.91 Å². The summed E-state index contributed by atoms with van der Waals surface area (Å²) in [4.78, 5) is 16.2. The van der Waals surface area contributed by atoms with Crippen molar-refractivity contribution in [1.29, 1.82) is 0 Å². The highest BCUT2D eigenvalue weighted by Crippen LogP contribution is 2.35. The van der Waals surface area contributed by atoms with Crippen LogP contribution in [-0.4, -0.2) is 44.1 Å². The highest BCUT2D eigenvalue weighted by Gasteiger charge is 2.33. The first-order chi connectivity index (χ1) is 13.8. The Labute approximate surface area is 172 Å². The Hall–Kier alpha value is -2.67. The van der Waals surface area contributed by atoms with E-state index in [-0.39, 0.29) is 16.5 Å². The number of hydrogen-bond donors (Lipinski definition) is 0. The Morgan fingerprint density at radius 1 is 1.10 bits per heavy atom. The monoisotopic (exact) mass is 424 g/mol. The number of hydrogen-bond acceptors (Lipinski definition) is 3. The molecule has 0 aliphatic carbocycles. The van der Waals surface area contributed by atoms with Crippen LogP contribution in [0, 0.1) is 0 Å². The summed E-state index contributed by atoms with van der Waals surface area (Å²) in [6, 6.07) is 11.2. The average molecular weight is 425 g/mol. The fourth-order valence-corrected chi connectivity index (χ4v) is 3.42. The Bertz CT molecular complexity index is 907. The standard InChI is InChI=1S/C21H20ClF3N2O2/c1-29-19-5-3-2-4-18(19)26-10-12-27(13-11-26)20(28)9-7-15-6-8-17(22)16(14-15)21(23,24)25/h2-9,14H,10-13H2,1H3/b9-7+. The third-order valence-electron chi connectivity index (χ3n) is 4.73. The molecule has 4 nitrogen and oxygen atoms in total. The second-order valence-electron chi connectivity index (χ2n) is 6.55. The van der Waals surface area contributed by atoms with Crippen LogP contribution in [0.5, 0.6) is 5.75 Å². The van der Waals surface area contributed by atoms with Gasteiger partial charge in [-0.3, -0.25) is 4.79 Å². The largest absolute Gasteiger partial charge is 0.495 e. The highest BCUT2D eigenvalue weighted by atomic mass is 35.5. The molecule has 1 aliphatic heterocycles. The second-order valence-corrected chi connectivity index (χ2v) is 6.96. The lowest BCUT2D eigenvalue weighted by Gasteiger charge is -2.36. The molecule has 154 valence electrons. The van der Waals surface area contributed by atoms with Crippen molar-refractivity contribution in [2.45, 2.75) is 6.18 Å². The van der Waals surface area contributed by atoms with E-state index in [0.29, 0.717) is 26.2 Å². The van der Waals surface area contributed by atoms with Gasteiger partial charge in [-0.2, -0.15) is 13.2 Å². The van der Waals surface area contributed by atoms with Crippen molar-refractivity contribution in [2.75, 3.05) is 38.2 Å². The van der Waals surface area contributed by atoms with E-state index >= 15 is 0 Å². The summed E-state index contributed by atoms with van der Waals surface area (Å²) in [6.07, 6.45) is -1.87. The zero-order chi connectivity index (χ0) is 21.0. The molecule has 0 radical (unpaired) electrons. The number of ether oxygens (including phenoxy) is 1. The maximum absolute atomic E-state index is 13.0. The number of para-hydroxylation sites is 2. The van der Waals surface area contributed by atoms with E-state index in [1.165, 1.54) is 24.3 Å². The number of piperazine rings is 1. The molecule has 1 fully saturated rings. The fraction of sp³-hybridized carbons (Fsp3) is 0.286. The van der Waals surface area contributed by atoms with Crippen molar-refractivity contribution >= 4 is 29.3 Å². The Balaban J connectivity index is 1.63. The lowest BCUT2D eigenvalue weighted by Crippen LogP contribution is -2.48. The van der Waals surface area contributed by atoms with E-state index in [4.69, 9.17) is 16.3 Å². The molecule has 0 aromatic heterocycles. The average Bonchev–Trinajstić information content (AvgIpc) is 2.72. The zero-order valence-corrected chi connectivity index (χ0v) is 16.5. The summed E-state index contributed by atoms with van der Waals surface area (Å²) in [6.45, 7) is 2.30. The third kappa shape index (κ3) is 5.03. The van der Waals surface area contributed by atoms with Gasteiger partial charge in [0.25, 0.3) is 0 Å². The van der Waals surface area contributed by atoms with Gasteiger partial charge in [-0.1, -0.05) is 29.8 Å². The molecule has 1 aliphatic rings. The van der Waals surface area contributed by atoms with Crippen LogP contribution in [0.1, 0.15) is 11.1 Å². The van der Waals surface area contributed by atoms with Crippen LogP contribution in [0.15, 0.2) is 48.5 Å². The lowest BCUT2D eigenvalue weighted by molar-refractivity contribution is -0.137. The summed E-state index contributed by atoms with van der Waals surface area (Å²) in [5.74, 6) is 0.531. The SMILES string of the molecule is COc1ccccc1N1CCN(C(=O)/C=C/c2ccc(Cl)c(C(F)(F)F)c2)CC1. The summed E-state index contributed by atoms with van der Waals surface area (Å²) in [7, 11) is 1.62. The van der Waals surface area contributed by atoms with Crippen LogP contribution in [0.4, 0.5) is 18.9 Å². The summed E-state index contributed by atoms with van der Waals surface area (Å²) >= 11 is 5.62.